The molecule has 2 aromatic rings. The molecule has 1 N–H and O–H groups in total. The van der Waals surface area contributed by atoms with Crippen LogP contribution in [0.3, 0.4) is 0 Å². The lowest BCUT2D eigenvalue weighted by atomic mass is 10.2. The van der Waals surface area contributed by atoms with E-state index in [9.17, 15) is 9.18 Å². The number of halogens is 1. The Balaban J connectivity index is 1.55. The third-order valence-electron chi connectivity index (χ3n) is 3.66. The average molecular weight is 347 g/mol. The molecule has 3 rings (SSSR count). The molecule has 1 atom stereocenters. The number of carbonyl (C=O) groups excluding carboxylic acids is 1. The van der Waals surface area contributed by atoms with Gasteiger partial charge in [-0.15, -0.1) is 5.10 Å². The van der Waals surface area contributed by atoms with Crippen LogP contribution in [0.1, 0.15) is 29.5 Å². The van der Waals surface area contributed by atoms with E-state index >= 15 is 0 Å². The van der Waals surface area contributed by atoms with Gasteiger partial charge < -0.3 is 14.9 Å². The molecule has 25 heavy (non-hydrogen) atoms. The quantitative estimate of drug-likeness (QED) is 0.888. The highest BCUT2D eigenvalue weighted by Crippen LogP contribution is 2.12. The van der Waals surface area contributed by atoms with E-state index in [0.29, 0.717) is 36.9 Å². The molecule has 1 aromatic carbocycles. The van der Waals surface area contributed by atoms with Gasteiger partial charge in [-0.05, 0) is 38.1 Å². The second-order valence-electron chi connectivity index (χ2n) is 5.66. The van der Waals surface area contributed by atoms with Gasteiger partial charge in [0, 0.05) is 6.42 Å². The van der Waals surface area contributed by atoms with Crippen LogP contribution in [0.4, 0.5) is 4.39 Å². The summed E-state index contributed by atoms with van der Waals surface area (Å²) in [5.41, 5.74) is 0.844. The molecule has 2 heterocycles. The van der Waals surface area contributed by atoms with E-state index in [1.807, 2.05) is 6.92 Å². The van der Waals surface area contributed by atoms with Crippen LogP contribution in [-0.2, 0) is 11.4 Å². The van der Waals surface area contributed by atoms with E-state index in [2.05, 4.69) is 20.8 Å². The summed E-state index contributed by atoms with van der Waals surface area (Å²) in [5.74, 6) is 0.345. The molecular weight excluding hydrogens is 329 g/mol. The monoisotopic (exact) mass is 347 g/mol. The van der Waals surface area contributed by atoms with Crippen LogP contribution in [0.5, 0.6) is 5.75 Å². The van der Waals surface area contributed by atoms with Crippen molar-refractivity contribution in [2.75, 3.05) is 6.61 Å². The lowest BCUT2D eigenvalue weighted by molar-refractivity contribution is 0.0962. The summed E-state index contributed by atoms with van der Waals surface area (Å²) in [7, 11) is 0. The third-order valence-corrected chi connectivity index (χ3v) is 3.66. The topological polar surface area (TPSA) is 90.6 Å². The molecule has 0 aliphatic carbocycles. The van der Waals surface area contributed by atoms with Crippen molar-refractivity contribution in [3.05, 3.63) is 41.5 Å². The minimum absolute atomic E-state index is 0.0457. The molecule has 1 aromatic heterocycles. The number of benzene rings is 1. The molecule has 0 unspecified atom stereocenters. The number of amidine groups is 1. The first-order valence-electron chi connectivity index (χ1n) is 7.85. The van der Waals surface area contributed by atoms with Crippen LogP contribution < -0.4 is 10.1 Å². The van der Waals surface area contributed by atoms with E-state index in [0.717, 1.165) is 0 Å². The predicted molar refractivity (Wildman–Crippen MR) is 86.7 cm³/mol. The normalized spacial score (nSPS) is 16.3. The lowest BCUT2D eigenvalue weighted by Crippen LogP contribution is -2.30. The maximum atomic E-state index is 12.8. The number of hydrogen-bond donors (Lipinski definition) is 1. The fraction of sp³-hybridized carbons (Fsp3) is 0.375. The van der Waals surface area contributed by atoms with Gasteiger partial charge in [-0.25, -0.2) is 9.07 Å². The molecule has 1 aliphatic heterocycles. The number of hydrogen-bond acceptors (Lipinski definition) is 6. The van der Waals surface area contributed by atoms with Gasteiger partial charge in [0.15, 0.2) is 11.5 Å². The Labute approximate surface area is 143 Å². The number of carbonyl (C=O) groups is 1. The number of nitrogens with one attached hydrogen (secondary N) is 1. The molecule has 0 bridgehead atoms. The molecule has 8 nitrogen and oxygen atoms in total. The van der Waals surface area contributed by atoms with Crippen molar-refractivity contribution in [3.63, 3.8) is 0 Å². The summed E-state index contributed by atoms with van der Waals surface area (Å²) < 4.78 is 19.9. The zero-order valence-corrected chi connectivity index (χ0v) is 13.9. The van der Waals surface area contributed by atoms with Crippen LogP contribution >= 0.6 is 0 Å². The molecule has 0 saturated heterocycles. The Hall–Kier alpha value is -2.97. The lowest BCUT2D eigenvalue weighted by Gasteiger charge is -2.07. The van der Waals surface area contributed by atoms with Gasteiger partial charge in [-0.2, -0.15) is 0 Å². The second-order valence-corrected chi connectivity index (χ2v) is 5.66. The van der Waals surface area contributed by atoms with E-state index in [1.54, 1.807) is 23.7 Å². The maximum Gasteiger partial charge on any atom is 0.279 e. The number of oxime groups is 1. The Morgan fingerprint density at radius 1 is 1.44 bits per heavy atom. The summed E-state index contributed by atoms with van der Waals surface area (Å²) in [6, 6.07) is 5.76. The SMILES string of the molecule is Cc1c(C(=O)NC2=NO[C@H](C)C2)nnn1CCOc1ccc(F)cc1. The van der Waals surface area contributed by atoms with Crippen molar-refractivity contribution in [2.45, 2.75) is 32.9 Å². The van der Waals surface area contributed by atoms with Crippen molar-refractivity contribution in [2.24, 2.45) is 5.16 Å². The molecule has 0 radical (unpaired) electrons. The van der Waals surface area contributed by atoms with Gasteiger partial charge in [-0.1, -0.05) is 10.4 Å². The fourth-order valence-electron chi connectivity index (χ4n) is 2.33. The number of rotatable bonds is 5. The van der Waals surface area contributed by atoms with Crippen LogP contribution in [-0.4, -0.2) is 39.4 Å². The summed E-state index contributed by atoms with van der Waals surface area (Å²) in [4.78, 5) is 17.3. The minimum Gasteiger partial charge on any atom is -0.492 e. The third kappa shape index (κ3) is 4.11. The van der Waals surface area contributed by atoms with Gasteiger partial charge in [0.25, 0.3) is 5.91 Å². The Kier molecular flexibility index (Phi) is 4.92. The number of nitrogens with zero attached hydrogens (tertiary/aromatic N) is 4. The van der Waals surface area contributed by atoms with Gasteiger partial charge >= 0.3 is 0 Å². The Morgan fingerprint density at radius 2 is 2.20 bits per heavy atom. The molecule has 9 heteroatoms. The van der Waals surface area contributed by atoms with Gasteiger partial charge in [0.1, 0.15) is 24.3 Å². The van der Waals surface area contributed by atoms with Crippen LogP contribution in [0.25, 0.3) is 0 Å². The van der Waals surface area contributed by atoms with E-state index < -0.39 is 0 Å². The van der Waals surface area contributed by atoms with Gasteiger partial charge in [0.2, 0.25) is 0 Å². The molecule has 1 amide bonds. The maximum absolute atomic E-state index is 12.8. The highest BCUT2D eigenvalue weighted by molar-refractivity contribution is 6.06. The van der Waals surface area contributed by atoms with E-state index in [4.69, 9.17) is 9.57 Å². The first-order valence-corrected chi connectivity index (χ1v) is 7.85. The highest BCUT2D eigenvalue weighted by atomic mass is 19.1. The van der Waals surface area contributed by atoms with Crippen molar-refractivity contribution in [3.8, 4) is 5.75 Å². The first kappa shape index (κ1) is 16.9. The summed E-state index contributed by atoms with van der Waals surface area (Å²) in [5, 5.41) is 14.3. The molecule has 1 aliphatic rings. The summed E-state index contributed by atoms with van der Waals surface area (Å²) >= 11 is 0. The van der Waals surface area contributed by atoms with Crippen LogP contribution in [0.15, 0.2) is 29.4 Å². The minimum atomic E-state index is -0.375. The summed E-state index contributed by atoms with van der Waals surface area (Å²) in [6.07, 6.45) is 0.500. The van der Waals surface area contributed by atoms with Crippen molar-refractivity contribution in [1.29, 1.82) is 0 Å². The van der Waals surface area contributed by atoms with Gasteiger partial charge in [-0.3, -0.25) is 4.79 Å². The highest BCUT2D eigenvalue weighted by Gasteiger charge is 2.22. The molecule has 0 fully saturated rings. The zero-order chi connectivity index (χ0) is 17.8. The van der Waals surface area contributed by atoms with Crippen molar-refractivity contribution < 1.29 is 18.8 Å². The van der Waals surface area contributed by atoms with Crippen molar-refractivity contribution >= 4 is 11.7 Å². The largest absolute Gasteiger partial charge is 0.492 e. The van der Waals surface area contributed by atoms with Crippen LogP contribution in [0.2, 0.25) is 0 Å². The molecule has 0 saturated carbocycles. The van der Waals surface area contributed by atoms with E-state index in [1.165, 1.54) is 12.1 Å². The average Bonchev–Trinajstić information content (AvgIpc) is 3.15. The number of amides is 1. The molecule has 0 spiro atoms. The smallest absolute Gasteiger partial charge is 0.279 e. The molecular formula is C16H18FN5O3. The Bertz CT molecular complexity index is 788. The summed E-state index contributed by atoms with van der Waals surface area (Å²) in [6.45, 7) is 4.34. The van der Waals surface area contributed by atoms with Crippen molar-refractivity contribution in [1.82, 2.24) is 20.3 Å². The van der Waals surface area contributed by atoms with Crippen LogP contribution in [0, 0.1) is 12.7 Å². The number of ether oxygens (including phenoxy) is 1. The van der Waals surface area contributed by atoms with E-state index in [-0.39, 0.29) is 23.5 Å². The number of aromatic nitrogens is 3. The molecule has 132 valence electrons. The standard InChI is InChI=1S/C16H18FN5O3/c1-10-9-14(20-25-10)18-16(23)15-11(2)22(21-19-15)7-8-24-13-5-3-12(17)4-6-13/h3-6,10H,7-9H2,1-2H3,(H,18,20,23)/t10-/m1/s1. The van der Waals surface area contributed by atoms with Gasteiger partial charge in [0.05, 0.1) is 12.2 Å². The first-order chi connectivity index (χ1) is 12.0. The zero-order valence-electron chi connectivity index (χ0n) is 13.9. The Morgan fingerprint density at radius 3 is 2.88 bits per heavy atom. The second kappa shape index (κ2) is 7.29. The predicted octanol–water partition coefficient (Wildman–Crippen LogP) is 1.66. The fourth-order valence-corrected chi connectivity index (χ4v) is 2.33.